The fourth-order valence-corrected chi connectivity index (χ4v) is 2.36. The monoisotopic (exact) mass is 319 g/mol. The Morgan fingerprint density at radius 3 is 2.55 bits per heavy atom. The summed E-state index contributed by atoms with van der Waals surface area (Å²) in [5.74, 6) is -2.33. The number of carboxylic acids is 1. The lowest BCUT2D eigenvalue weighted by molar-refractivity contribution is 0.0699. The maximum atomic E-state index is 13.3. The molecule has 1 N–H and O–H groups in total. The molecule has 0 aliphatic carbocycles. The SMILES string of the molecule is O=C(O)c1cc(-c2ccc(F)c(Cl)c2)nc2ccc(F)cc12. The van der Waals surface area contributed by atoms with Crippen LogP contribution in [-0.4, -0.2) is 16.1 Å². The molecule has 6 heteroatoms. The minimum Gasteiger partial charge on any atom is -0.478 e. The van der Waals surface area contributed by atoms with Crippen LogP contribution in [0.5, 0.6) is 0 Å². The topological polar surface area (TPSA) is 50.2 Å². The van der Waals surface area contributed by atoms with Gasteiger partial charge in [0.2, 0.25) is 0 Å². The van der Waals surface area contributed by atoms with Crippen LogP contribution < -0.4 is 0 Å². The number of fused-ring (bicyclic) bond motifs is 1. The Hall–Kier alpha value is -2.53. The van der Waals surface area contributed by atoms with E-state index in [1.165, 1.54) is 36.4 Å². The Balaban J connectivity index is 2.29. The van der Waals surface area contributed by atoms with Crippen molar-refractivity contribution in [1.29, 1.82) is 0 Å². The van der Waals surface area contributed by atoms with Crippen LogP contribution in [0.3, 0.4) is 0 Å². The molecular formula is C16H8ClF2NO2. The highest BCUT2D eigenvalue weighted by Gasteiger charge is 2.14. The zero-order chi connectivity index (χ0) is 15.9. The Morgan fingerprint density at radius 1 is 1.09 bits per heavy atom. The van der Waals surface area contributed by atoms with Crippen molar-refractivity contribution in [2.24, 2.45) is 0 Å². The Bertz CT molecular complexity index is 912. The summed E-state index contributed by atoms with van der Waals surface area (Å²) in [7, 11) is 0. The van der Waals surface area contributed by atoms with Crippen molar-refractivity contribution in [3.05, 3.63) is 64.7 Å². The third kappa shape index (κ3) is 2.51. The van der Waals surface area contributed by atoms with Crippen molar-refractivity contribution in [2.45, 2.75) is 0 Å². The molecule has 0 fully saturated rings. The van der Waals surface area contributed by atoms with Gasteiger partial charge in [-0.15, -0.1) is 0 Å². The first-order chi connectivity index (χ1) is 10.5. The lowest BCUT2D eigenvalue weighted by Gasteiger charge is -2.08. The van der Waals surface area contributed by atoms with Gasteiger partial charge in [-0.2, -0.15) is 0 Å². The molecular weight excluding hydrogens is 312 g/mol. The molecule has 22 heavy (non-hydrogen) atoms. The Labute approximate surface area is 128 Å². The minimum absolute atomic E-state index is 0.0834. The summed E-state index contributed by atoms with van der Waals surface area (Å²) < 4.78 is 26.6. The molecule has 1 heterocycles. The molecule has 0 radical (unpaired) electrons. The molecule has 3 nitrogen and oxygen atoms in total. The standard InChI is InChI=1S/C16H8ClF2NO2/c17-12-5-8(1-3-13(12)19)15-7-11(16(21)22)10-6-9(18)2-4-14(10)20-15/h1-7H,(H,21,22). The summed E-state index contributed by atoms with van der Waals surface area (Å²) in [6.45, 7) is 0. The third-order valence-corrected chi connectivity index (χ3v) is 3.51. The zero-order valence-corrected chi connectivity index (χ0v) is 11.7. The minimum atomic E-state index is -1.20. The largest absolute Gasteiger partial charge is 0.478 e. The number of benzene rings is 2. The molecule has 0 amide bonds. The molecule has 0 aliphatic rings. The molecule has 3 rings (SSSR count). The van der Waals surface area contributed by atoms with E-state index in [1.54, 1.807) is 0 Å². The second-order valence-electron chi connectivity index (χ2n) is 4.65. The lowest BCUT2D eigenvalue weighted by atomic mass is 10.0. The fourth-order valence-electron chi connectivity index (χ4n) is 2.18. The van der Waals surface area contributed by atoms with Crippen LogP contribution in [0.15, 0.2) is 42.5 Å². The van der Waals surface area contributed by atoms with E-state index in [-0.39, 0.29) is 16.0 Å². The van der Waals surface area contributed by atoms with Crippen LogP contribution in [0.25, 0.3) is 22.2 Å². The lowest BCUT2D eigenvalue weighted by Crippen LogP contribution is -2.00. The van der Waals surface area contributed by atoms with Gasteiger partial charge in [0.25, 0.3) is 0 Å². The van der Waals surface area contributed by atoms with Gasteiger partial charge in [0, 0.05) is 10.9 Å². The van der Waals surface area contributed by atoms with E-state index < -0.39 is 17.6 Å². The van der Waals surface area contributed by atoms with Crippen molar-refractivity contribution in [2.75, 3.05) is 0 Å². The van der Waals surface area contributed by atoms with E-state index in [4.69, 9.17) is 11.6 Å². The van der Waals surface area contributed by atoms with Gasteiger partial charge in [-0.25, -0.2) is 18.6 Å². The number of carbonyl (C=O) groups is 1. The number of nitrogens with zero attached hydrogens (tertiary/aromatic N) is 1. The smallest absolute Gasteiger partial charge is 0.336 e. The van der Waals surface area contributed by atoms with Gasteiger partial charge in [0.05, 0.1) is 21.8 Å². The number of aromatic carboxylic acids is 1. The summed E-state index contributed by atoms with van der Waals surface area (Å²) in [5, 5.41) is 9.42. The molecule has 2 aromatic carbocycles. The predicted octanol–water partition coefficient (Wildman–Crippen LogP) is 4.53. The van der Waals surface area contributed by atoms with Crippen LogP contribution in [0.1, 0.15) is 10.4 Å². The number of aromatic nitrogens is 1. The molecule has 1 aromatic heterocycles. The van der Waals surface area contributed by atoms with Gasteiger partial charge in [-0.3, -0.25) is 0 Å². The first-order valence-corrected chi connectivity index (χ1v) is 6.62. The number of hydrogen-bond acceptors (Lipinski definition) is 2. The molecule has 3 aromatic rings. The zero-order valence-electron chi connectivity index (χ0n) is 11.0. The highest BCUT2D eigenvalue weighted by Crippen LogP contribution is 2.28. The van der Waals surface area contributed by atoms with Crippen molar-refractivity contribution in [3.8, 4) is 11.3 Å². The van der Waals surface area contributed by atoms with Crippen LogP contribution in [0, 0.1) is 11.6 Å². The van der Waals surface area contributed by atoms with Crippen molar-refractivity contribution < 1.29 is 18.7 Å². The normalized spacial score (nSPS) is 10.9. The molecule has 0 saturated heterocycles. The summed E-state index contributed by atoms with van der Waals surface area (Å²) in [6.07, 6.45) is 0. The third-order valence-electron chi connectivity index (χ3n) is 3.22. The van der Waals surface area contributed by atoms with Gasteiger partial charge in [0.15, 0.2) is 0 Å². The molecule has 0 atom stereocenters. The second kappa shape index (κ2) is 5.35. The van der Waals surface area contributed by atoms with E-state index in [9.17, 15) is 18.7 Å². The first kappa shape index (κ1) is 14.4. The van der Waals surface area contributed by atoms with E-state index in [0.717, 1.165) is 6.07 Å². The van der Waals surface area contributed by atoms with Gasteiger partial charge in [-0.1, -0.05) is 11.6 Å². The van der Waals surface area contributed by atoms with Crippen molar-refractivity contribution in [3.63, 3.8) is 0 Å². The van der Waals surface area contributed by atoms with E-state index >= 15 is 0 Å². The maximum Gasteiger partial charge on any atom is 0.336 e. The van der Waals surface area contributed by atoms with Gasteiger partial charge in [-0.05, 0) is 42.5 Å². The molecule has 0 aliphatic heterocycles. The first-order valence-electron chi connectivity index (χ1n) is 6.25. The average molecular weight is 320 g/mol. The number of pyridine rings is 1. The van der Waals surface area contributed by atoms with Crippen LogP contribution >= 0.6 is 11.6 Å². The van der Waals surface area contributed by atoms with Gasteiger partial charge in [0.1, 0.15) is 11.6 Å². The summed E-state index contributed by atoms with van der Waals surface area (Å²) >= 11 is 5.74. The average Bonchev–Trinajstić information content (AvgIpc) is 2.48. The van der Waals surface area contributed by atoms with Crippen LogP contribution in [0.4, 0.5) is 8.78 Å². The quantitative estimate of drug-likeness (QED) is 0.755. The van der Waals surface area contributed by atoms with E-state index in [2.05, 4.69) is 4.98 Å². The molecule has 0 unspecified atom stereocenters. The number of rotatable bonds is 2. The van der Waals surface area contributed by atoms with Gasteiger partial charge >= 0.3 is 5.97 Å². The van der Waals surface area contributed by atoms with E-state index in [0.29, 0.717) is 16.8 Å². The van der Waals surface area contributed by atoms with Crippen molar-refractivity contribution >= 4 is 28.5 Å². The Kier molecular flexibility index (Phi) is 3.50. The molecule has 0 bridgehead atoms. The van der Waals surface area contributed by atoms with E-state index in [1.807, 2.05) is 0 Å². The number of halogens is 3. The van der Waals surface area contributed by atoms with Crippen LogP contribution in [0.2, 0.25) is 5.02 Å². The summed E-state index contributed by atoms with van der Waals surface area (Å²) in [5.41, 5.74) is 1.04. The maximum absolute atomic E-state index is 13.3. The fraction of sp³-hybridized carbons (Fsp3) is 0. The molecule has 110 valence electrons. The number of hydrogen-bond donors (Lipinski definition) is 1. The summed E-state index contributed by atoms with van der Waals surface area (Å²) in [4.78, 5) is 15.7. The van der Waals surface area contributed by atoms with Crippen LogP contribution in [-0.2, 0) is 0 Å². The Morgan fingerprint density at radius 2 is 1.86 bits per heavy atom. The highest BCUT2D eigenvalue weighted by atomic mass is 35.5. The predicted molar refractivity (Wildman–Crippen MR) is 79.1 cm³/mol. The number of carboxylic acid groups (broad SMARTS) is 1. The summed E-state index contributed by atoms with van der Waals surface area (Å²) in [6, 6.07) is 9.01. The van der Waals surface area contributed by atoms with Gasteiger partial charge < -0.3 is 5.11 Å². The van der Waals surface area contributed by atoms with Crippen molar-refractivity contribution in [1.82, 2.24) is 4.98 Å². The molecule has 0 saturated carbocycles. The molecule has 0 spiro atoms. The highest BCUT2D eigenvalue weighted by molar-refractivity contribution is 6.31. The second-order valence-corrected chi connectivity index (χ2v) is 5.06.